The van der Waals surface area contributed by atoms with Gasteiger partial charge in [0.05, 0.1) is 12.6 Å². The fourth-order valence-electron chi connectivity index (χ4n) is 12.1. The van der Waals surface area contributed by atoms with E-state index in [1.54, 1.807) is 83.1 Å². The first-order valence-corrected chi connectivity index (χ1v) is 35.3. The van der Waals surface area contributed by atoms with Crippen LogP contribution in [0.25, 0.3) is 0 Å². The predicted molar refractivity (Wildman–Crippen MR) is 382 cm³/mol. The predicted octanol–water partition coefficient (Wildman–Crippen LogP) is 4.73. The molecule has 0 saturated carbocycles. The molecule has 1 aliphatic heterocycles. The molecule has 12 amide bonds. The Morgan fingerprint density at radius 2 is 0.909 bits per heavy atom. The standard InChI is InChI=1S/C73H117ClN12O13/c1-22-46(12)64-70(96)75-40-61(90)83(18)58(39-51-29-26-30-52(74)37-51)69(95)80-63(49(15)87)73(99)85(20)56(33-43(6)7)67(93)77-53(31-41(2)3)65(91)76-47(13)35-59(88)81(16)48(14)36-60(89)82(17)55(32-42(4)5)66(92)78-54(38-50-27-24-23-25-28-50)71(97)84(19)57(34-44(8)9)68(94)79-62(45(10)11)72(98)86(64)21/h23-30,37,41-49,53-58,62-64,87H,22,31-36,38-40H2,1-21H3,(H,75,96)(H,76,91)(H,77,93)(H,78,92)(H,79,94)(H,80,95)/t46-,47-,48+,49+,53-,54-,55-,56-,57-,58-,62-,63-,64-/m0/s1. The maximum Gasteiger partial charge on any atom is 0.248 e. The van der Waals surface area contributed by atoms with Gasteiger partial charge in [0.2, 0.25) is 70.9 Å². The van der Waals surface area contributed by atoms with Crippen molar-refractivity contribution in [2.24, 2.45) is 35.5 Å². The van der Waals surface area contributed by atoms with E-state index < -0.39 is 162 Å². The molecular formula is C73H117ClN12O13. The number of halogens is 1. The van der Waals surface area contributed by atoms with E-state index in [4.69, 9.17) is 11.6 Å². The summed E-state index contributed by atoms with van der Waals surface area (Å²) in [6.07, 6.45) is -1.25. The van der Waals surface area contributed by atoms with Gasteiger partial charge in [0.1, 0.15) is 54.4 Å². The summed E-state index contributed by atoms with van der Waals surface area (Å²) < 4.78 is 0. The lowest BCUT2D eigenvalue weighted by molar-refractivity contribution is -0.147. The van der Waals surface area contributed by atoms with Crippen LogP contribution < -0.4 is 31.9 Å². The zero-order valence-corrected chi connectivity index (χ0v) is 63.3. The van der Waals surface area contributed by atoms with Crippen molar-refractivity contribution in [3.8, 4) is 0 Å². The number of likely N-dealkylation sites (N-methyl/N-ethyl adjacent to an activating group) is 5. The van der Waals surface area contributed by atoms with E-state index >= 15 is 4.79 Å². The molecule has 0 aromatic heterocycles. The Kier molecular flexibility index (Phi) is 34.5. The van der Waals surface area contributed by atoms with Crippen LogP contribution in [0.15, 0.2) is 54.6 Å². The molecule has 26 heteroatoms. The summed E-state index contributed by atoms with van der Waals surface area (Å²) >= 11 is 6.41. The van der Waals surface area contributed by atoms with Gasteiger partial charge in [0.25, 0.3) is 0 Å². The summed E-state index contributed by atoms with van der Waals surface area (Å²) in [6.45, 7) is 25.8. The molecule has 2 aromatic rings. The van der Waals surface area contributed by atoms with Gasteiger partial charge in [-0.3, -0.25) is 57.5 Å². The second-order valence-electron chi connectivity index (χ2n) is 29.3. The van der Waals surface area contributed by atoms with Crippen LogP contribution in [0.3, 0.4) is 0 Å². The zero-order chi connectivity index (χ0) is 75.2. The molecule has 7 N–H and O–H groups in total. The summed E-state index contributed by atoms with van der Waals surface area (Å²) in [7, 11) is 8.57. The Balaban J connectivity index is 2.28. The lowest BCUT2D eigenvalue weighted by Gasteiger charge is -2.37. The second-order valence-corrected chi connectivity index (χ2v) is 29.7. The summed E-state index contributed by atoms with van der Waals surface area (Å²) in [5.74, 6) is -9.82. The molecule has 99 heavy (non-hydrogen) atoms. The normalized spacial score (nSPS) is 25.8. The van der Waals surface area contributed by atoms with Crippen LogP contribution >= 0.6 is 11.6 Å². The molecular weight excluding hydrogens is 1290 g/mol. The van der Waals surface area contributed by atoms with E-state index in [0.29, 0.717) is 22.6 Å². The van der Waals surface area contributed by atoms with E-state index in [9.17, 15) is 57.8 Å². The van der Waals surface area contributed by atoms with Crippen LogP contribution in [0.5, 0.6) is 0 Å². The van der Waals surface area contributed by atoms with Crippen LogP contribution in [-0.4, -0.2) is 227 Å². The van der Waals surface area contributed by atoms with Crippen molar-refractivity contribution in [2.75, 3.05) is 48.8 Å². The average molecular weight is 1410 g/mol. The molecule has 1 saturated heterocycles. The molecule has 2 aromatic carbocycles. The van der Waals surface area contributed by atoms with Crippen molar-refractivity contribution in [3.05, 3.63) is 70.7 Å². The summed E-state index contributed by atoms with van der Waals surface area (Å²) in [4.78, 5) is 183. The van der Waals surface area contributed by atoms with Crippen molar-refractivity contribution in [1.82, 2.24) is 61.3 Å². The highest BCUT2D eigenvalue weighted by atomic mass is 35.5. The van der Waals surface area contributed by atoms with Crippen molar-refractivity contribution in [1.29, 1.82) is 0 Å². The number of benzene rings is 2. The molecule has 0 unspecified atom stereocenters. The SMILES string of the molecule is CC[C@H](C)[C@H]1C(=O)NCC(=O)N(C)[C@@H](Cc2cccc(Cl)c2)C(=O)N[C@@H]([C@@H](C)O)C(=O)N(C)[C@@H](CC(C)C)C(=O)N[C@@H](CC(C)C)C(=O)N[C@@H](C)CC(=O)N(C)[C@H](C)CC(=O)N(C)[C@@H](CC(C)C)C(=O)N[C@@H](Cc2ccccc2)C(=O)N(C)[C@@H](CC(C)C)C(=O)N[C@@H](C(C)C)C(=O)N1C. The van der Waals surface area contributed by atoms with Gasteiger partial charge in [0.15, 0.2) is 0 Å². The maximum absolute atomic E-state index is 15.2. The summed E-state index contributed by atoms with van der Waals surface area (Å²) in [5, 5.41) is 28.5. The average Bonchev–Trinajstić information content (AvgIpc) is 0.830. The van der Waals surface area contributed by atoms with Gasteiger partial charge in [0, 0.05) is 85.1 Å². The number of nitrogens with one attached hydrogen (secondary N) is 6. The van der Waals surface area contributed by atoms with Gasteiger partial charge in [-0.15, -0.1) is 0 Å². The smallest absolute Gasteiger partial charge is 0.248 e. The number of hydrogen-bond acceptors (Lipinski definition) is 13. The molecule has 13 atom stereocenters. The number of carbonyl (C=O) groups is 12. The molecule has 1 aliphatic rings. The highest BCUT2D eigenvalue weighted by molar-refractivity contribution is 6.30. The maximum atomic E-state index is 15.2. The summed E-state index contributed by atoms with van der Waals surface area (Å²) in [6, 6.07) is 2.47. The number of aliphatic hydroxyl groups excluding tert-OH is 1. The van der Waals surface area contributed by atoms with Gasteiger partial charge in [-0.2, -0.15) is 0 Å². The highest BCUT2D eigenvalue weighted by Gasteiger charge is 2.43. The fourth-order valence-corrected chi connectivity index (χ4v) is 12.3. The van der Waals surface area contributed by atoms with Gasteiger partial charge in [-0.1, -0.05) is 144 Å². The Morgan fingerprint density at radius 1 is 0.455 bits per heavy atom. The van der Waals surface area contributed by atoms with E-state index in [2.05, 4.69) is 31.9 Å². The minimum Gasteiger partial charge on any atom is -0.391 e. The first kappa shape index (κ1) is 85.6. The largest absolute Gasteiger partial charge is 0.391 e. The minimum atomic E-state index is -1.69. The van der Waals surface area contributed by atoms with Gasteiger partial charge >= 0.3 is 0 Å². The fraction of sp³-hybridized carbons (Fsp3) is 0.671. The second kappa shape index (κ2) is 39.9. The van der Waals surface area contributed by atoms with Crippen molar-refractivity contribution in [3.63, 3.8) is 0 Å². The number of hydrogen-bond donors (Lipinski definition) is 7. The lowest BCUT2D eigenvalue weighted by atomic mass is 9.94. The van der Waals surface area contributed by atoms with Crippen LogP contribution in [0.1, 0.15) is 160 Å². The molecule has 1 heterocycles. The third-order valence-corrected chi connectivity index (χ3v) is 18.7. The third kappa shape index (κ3) is 25.8. The Bertz CT molecular complexity index is 3080. The lowest BCUT2D eigenvalue weighted by Crippen LogP contribution is -2.62. The van der Waals surface area contributed by atoms with Crippen LogP contribution in [-0.2, 0) is 70.4 Å². The quantitative estimate of drug-likeness (QED) is 0.120. The van der Waals surface area contributed by atoms with Crippen molar-refractivity contribution >= 4 is 82.5 Å². The molecule has 25 nitrogen and oxygen atoms in total. The number of nitrogens with zero attached hydrogens (tertiary/aromatic N) is 6. The molecule has 554 valence electrons. The molecule has 1 fully saturated rings. The Hall–Kier alpha value is -7.67. The van der Waals surface area contributed by atoms with Crippen molar-refractivity contribution in [2.45, 2.75) is 234 Å². The monoisotopic (exact) mass is 1400 g/mol. The van der Waals surface area contributed by atoms with Gasteiger partial charge < -0.3 is 66.4 Å². The molecule has 0 aliphatic carbocycles. The van der Waals surface area contributed by atoms with E-state index in [1.165, 1.54) is 68.8 Å². The van der Waals surface area contributed by atoms with Gasteiger partial charge in [-0.25, -0.2) is 0 Å². The minimum absolute atomic E-state index is 0.00560. The zero-order valence-electron chi connectivity index (χ0n) is 62.6. The Labute approximate surface area is 593 Å². The topological polar surface area (TPSA) is 317 Å². The van der Waals surface area contributed by atoms with E-state index in [1.807, 2.05) is 68.4 Å². The van der Waals surface area contributed by atoms with Crippen LogP contribution in [0.2, 0.25) is 5.02 Å². The Morgan fingerprint density at radius 3 is 1.41 bits per heavy atom. The number of carbonyl (C=O) groups excluding carboxylic acids is 12. The van der Waals surface area contributed by atoms with E-state index in [0.717, 1.165) is 9.80 Å². The van der Waals surface area contributed by atoms with Crippen LogP contribution in [0, 0.1) is 35.5 Å². The van der Waals surface area contributed by atoms with Gasteiger partial charge in [-0.05, 0) is 105 Å². The number of rotatable bonds is 16. The number of amides is 12. The summed E-state index contributed by atoms with van der Waals surface area (Å²) in [5.41, 5.74) is 1.19. The molecule has 0 spiro atoms. The molecule has 3 rings (SSSR count). The molecule has 0 radical (unpaired) electrons. The van der Waals surface area contributed by atoms with Crippen LogP contribution in [0.4, 0.5) is 0 Å². The first-order chi connectivity index (χ1) is 46.1. The molecule has 0 bridgehead atoms. The number of aliphatic hydroxyl groups is 1. The van der Waals surface area contributed by atoms with Crippen molar-refractivity contribution < 1.29 is 62.6 Å². The first-order valence-electron chi connectivity index (χ1n) is 35.0. The van der Waals surface area contributed by atoms with E-state index in [-0.39, 0.29) is 75.0 Å². The third-order valence-electron chi connectivity index (χ3n) is 18.5. The highest BCUT2D eigenvalue weighted by Crippen LogP contribution is 2.23.